The average molecular weight is 305 g/mol. The standard InChI is InChI=1S/C10H12INO2/c1-3-14-10(13)12(2)9-7-5-4-6-8(9)11/h4-7H,3H2,1-2H3. The summed E-state index contributed by atoms with van der Waals surface area (Å²) in [4.78, 5) is 12.9. The van der Waals surface area contributed by atoms with Crippen LogP contribution in [0.5, 0.6) is 0 Å². The zero-order valence-corrected chi connectivity index (χ0v) is 10.3. The summed E-state index contributed by atoms with van der Waals surface area (Å²) in [5, 5.41) is 0. The lowest BCUT2D eigenvalue weighted by Crippen LogP contribution is -2.27. The normalized spacial score (nSPS) is 9.64. The Kier molecular flexibility index (Phi) is 4.19. The number of carbonyl (C=O) groups is 1. The van der Waals surface area contributed by atoms with Gasteiger partial charge in [0.1, 0.15) is 0 Å². The molecule has 4 heteroatoms. The molecule has 0 radical (unpaired) electrons. The SMILES string of the molecule is CCOC(=O)N(C)c1ccccc1I. The molecule has 0 N–H and O–H groups in total. The summed E-state index contributed by atoms with van der Waals surface area (Å²) in [6.45, 7) is 2.19. The molecule has 0 aromatic heterocycles. The average Bonchev–Trinajstić information content (AvgIpc) is 2.18. The molecule has 0 spiro atoms. The smallest absolute Gasteiger partial charge is 0.414 e. The van der Waals surface area contributed by atoms with Gasteiger partial charge in [0.05, 0.1) is 12.3 Å². The fourth-order valence-corrected chi connectivity index (χ4v) is 1.79. The summed E-state index contributed by atoms with van der Waals surface area (Å²) < 4.78 is 5.93. The second-order valence-corrected chi connectivity index (χ2v) is 3.87. The van der Waals surface area contributed by atoms with E-state index in [0.717, 1.165) is 9.26 Å². The van der Waals surface area contributed by atoms with Gasteiger partial charge in [-0.25, -0.2) is 4.79 Å². The van der Waals surface area contributed by atoms with Gasteiger partial charge < -0.3 is 4.74 Å². The number of amides is 1. The van der Waals surface area contributed by atoms with E-state index in [0.29, 0.717) is 6.61 Å². The number of halogens is 1. The monoisotopic (exact) mass is 305 g/mol. The molecule has 0 bridgehead atoms. The Hall–Kier alpha value is -0.780. The van der Waals surface area contributed by atoms with Crippen molar-refractivity contribution >= 4 is 34.4 Å². The summed E-state index contributed by atoms with van der Waals surface area (Å²) in [5.74, 6) is 0. The third-order valence-corrected chi connectivity index (χ3v) is 2.67. The minimum Gasteiger partial charge on any atom is -0.449 e. The Morgan fingerprint density at radius 1 is 1.50 bits per heavy atom. The van der Waals surface area contributed by atoms with E-state index in [4.69, 9.17) is 4.74 Å². The van der Waals surface area contributed by atoms with Crippen LogP contribution in [0.4, 0.5) is 10.5 Å². The molecule has 0 aliphatic rings. The van der Waals surface area contributed by atoms with Crippen LogP contribution < -0.4 is 4.90 Å². The predicted octanol–water partition coefficient (Wildman–Crippen LogP) is 2.88. The van der Waals surface area contributed by atoms with Crippen LogP contribution in [0.1, 0.15) is 6.92 Å². The van der Waals surface area contributed by atoms with Gasteiger partial charge in [0.25, 0.3) is 0 Å². The topological polar surface area (TPSA) is 29.5 Å². The molecule has 0 atom stereocenters. The minimum atomic E-state index is -0.323. The number of rotatable bonds is 2. The molecule has 0 aliphatic carbocycles. The van der Waals surface area contributed by atoms with Crippen LogP contribution in [0.25, 0.3) is 0 Å². The number of carbonyl (C=O) groups excluding carboxylic acids is 1. The van der Waals surface area contributed by atoms with Crippen molar-refractivity contribution in [1.82, 2.24) is 0 Å². The van der Waals surface area contributed by atoms with Crippen molar-refractivity contribution < 1.29 is 9.53 Å². The van der Waals surface area contributed by atoms with Gasteiger partial charge in [0.15, 0.2) is 0 Å². The Labute approximate surface area is 97.2 Å². The third kappa shape index (κ3) is 2.60. The van der Waals surface area contributed by atoms with E-state index in [1.165, 1.54) is 4.90 Å². The van der Waals surface area contributed by atoms with Crippen molar-refractivity contribution in [2.75, 3.05) is 18.6 Å². The molecule has 1 rings (SSSR count). The van der Waals surface area contributed by atoms with E-state index in [1.54, 1.807) is 14.0 Å². The molecule has 14 heavy (non-hydrogen) atoms. The second kappa shape index (κ2) is 5.19. The lowest BCUT2D eigenvalue weighted by Gasteiger charge is -2.17. The molecule has 0 unspecified atom stereocenters. The van der Waals surface area contributed by atoms with Crippen molar-refractivity contribution in [3.8, 4) is 0 Å². The van der Waals surface area contributed by atoms with Gasteiger partial charge in [-0.2, -0.15) is 0 Å². The largest absolute Gasteiger partial charge is 0.449 e. The van der Waals surface area contributed by atoms with E-state index < -0.39 is 0 Å². The van der Waals surface area contributed by atoms with Crippen LogP contribution in [-0.2, 0) is 4.74 Å². The number of anilines is 1. The van der Waals surface area contributed by atoms with Crippen LogP contribution in [0.15, 0.2) is 24.3 Å². The highest BCUT2D eigenvalue weighted by atomic mass is 127. The number of nitrogens with zero attached hydrogens (tertiary/aromatic N) is 1. The van der Waals surface area contributed by atoms with Crippen LogP contribution in [0.3, 0.4) is 0 Å². The predicted molar refractivity (Wildman–Crippen MR) is 64.6 cm³/mol. The fraction of sp³-hybridized carbons (Fsp3) is 0.300. The Morgan fingerprint density at radius 3 is 2.71 bits per heavy atom. The number of ether oxygens (including phenoxy) is 1. The lowest BCUT2D eigenvalue weighted by atomic mass is 10.3. The van der Waals surface area contributed by atoms with Gasteiger partial charge in [0.2, 0.25) is 0 Å². The van der Waals surface area contributed by atoms with Crippen molar-refractivity contribution in [3.63, 3.8) is 0 Å². The Balaban J connectivity index is 2.84. The maximum absolute atomic E-state index is 11.4. The van der Waals surface area contributed by atoms with Crippen molar-refractivity contribution in [2.24, 2.45) is 0 Å². The van der Waals surface area contributed by atoms with Crippen molar-refractivity contribution in [2.45, 2.75) is 6.92 Å². The van der Waals surface area contributed by atoms with Gasteiger partial charge in [0, 0.05) is 10.6 Å². The summed E-state index contributed by atoms with van der Waals surface area (Å²) >= 11 is 2.19. The maximum Gasteiger partial charge on any atom is 0.414 e. The van der Waals surface area contributed by atoms with E-state index in [2.05, 4.69) is 22.6 Å². The molecule has 76 valence electrons. The molecule has 1 aromatic carbocycles. The van der Waals surface area contributed by atoms with Gasteiger partial charge in [-0.05, 0) is 41.6 Å². The van der Waals surface area contributed by atoms with Gasteiger partial charge in [-0.15, -0.1) is 0 Å². The highest BCUT2D eigenvalue weighted by Crippen LogP contribution is 2.21. The molecule has 0 aliphatic heterocycles. The quantitative estimate of drug-likeness (QED) is 0.786. The highest BCUT2D eigenvalue weighted by Gasteiger charge is 2.13. The van der Waals surface area contributed by atoms with E-state index in [-0.39, 0.29) is 6.09 Å². The first-order valence-corrected chi connectivity index (χ1v) is 5.39. The zero-order valence-electron chi connectivity index (χ0n) is 8.16. The van der Waals surface area contributed by atoms with Gasteiger partial charge in [-0.1, -0.05) is 12.1 Å². The van der Waals surface area contributed by atoms with E-state index in [9.17, 15) is 4.79 Å². The molecule has 0 saturated carbocycles. The number of benzene rings is 1. The Morgan fingerprint density at radius 2 is 2.14 bits per heavy atom. The fourth-order valence-electron chi connectivity index (χ4n) is 1.04. The van der Waals surface area contributed by atoms with Crippen molar-refractivity contribution in [1.29, 1.82) is 0 Å². The highest BCUT2D eigenvalue weighted by molar-refractivity contribution is 14.1. The molecule has 0 heterocycles. The van der Waals surface area contributed by atoms with E-state index in [1.807, 2.05) is 24.3 Å². The first-order chi connectivity index (χ1) is 6.66. The van der Waals surface area contributed by atoms with Crippen LogP contribution >= 0.6 is 22.6 Å². The summed E-state index contributed by atoms with van der Waals surface area (Å²) in [6, 6.07) is 7.67. The zero-order chi connectivity index (χ0) is 10.6. The van der Waals surface area contributed by atoms with Crippen LogP contribution in [0, 0.1) is 3.57 Å². The maximum atomic E-state index is 11.4. The first-order valence-electron chi connectivity index (χ1n) is 4.31. The minimum absolute atomic E-state index is 0.323. The first kappa shape index (κ1) is 11.3. The summed E-state index contributed by atoms with van der Waals surface area (Å²) in [6.07, 6.45) is -0.323. The van der Waals surface area contributed by atoms with E-state index >= 15 is 0 Å². The summed E-state index contributed by atoms with van der Waals surface area (Å²) in [7, 11) is 1.70. The number of hydrogen-bond acceptors (Lipinski definition) is 2. The molecule has 0 fully saturated rings. The Bertz CT molecular complexity index is 328. The molecular formula is C10H12INO2. The number of para-hydroxylation sites is 1. The lowest BCUT2D eigenvalue weighted by molar-refractivity contribution is 0.161. The molecule has 1 aromatic rings. The summed E-state index contributed by atoms with van der Waals surface area (Å²) in [5.41, 5.74) is 0.867. The van der Waals surface area contributed by atoms with Crippen LogP contribution in [0.2, 0.25) is 0 Å². The van der Waals surface area contributed by atoms with Gasteiger partial charge in [-0.3, -0.25) is 4.90 Å². The number of hydrogen-bond donors (Lipinski definition) is 0. The third-order valence-electron chi connectivity index (χ3n) is 1.76. The molecule has 1 amide bonds. The molecule has 0 saturated heterocycles. The van der Waals surface area contributed by atoms with Crippen LogP contribution in [-0.4, -0.2) is 19.7 Å². The van der Waals surface area contributed by atoms with Crippen molar-refractivity contribution in [3.05, 3.63) is 27.8 Å². The molecule has 3 nitrogen and oxygen atoms in total. The van der Waals surface area contributed by atoms with Gasteiger partial charge >= 0.3 is 6.09 Å². The second-order valence-electron chi connectivity index (χ2n) is 2.71. The molecular weight excluding hydrogens is 293 g/mol.